The van der Waals surface area contributed by atoms with Gasteiger partial charge in [-0.15, -0.1) is 0 Å². The summed E-state index contributed by atoms with van der Waals surface area (Å²) in [6.45, 7) is 4.66. The third-order valence-corrected chi connectivity index (χ3v) is 7.95. The fourth-order valence-corrected chi connectivity index (χ4v) is 6.65. The van der Waals surface area contributed by atoms with Gasteiger partial charge in [-0.25, -0.2) is 0 Å². The Morgan fingerprint density at radius 3 is 2.32 bits per heavy atom. The Morgan fingerprint density at radius 2 is 1.61 bits per heavy atom. The van der Waals surface area contributed by atoms with Crippen LogP contribution in [-0.2, 0) is 5.41 Å². The molecule has 1 saturated heterocycles. The number of anilines is 2. The molecule has 0 radical (unpaired) electrons. The van der Waals surface area contributed by atoms with E-state index < -0.39 is 13.0 Å². The molecule has 5 rings (SSSR count). The van der Waals surface area contributed by atoms with Crippen LogP contribution in [-0.4, -0.2) is 18.2 Å². The molecule has 0 spiro atoms. The molecule has 2 nitrogen and oxygen atoms in total. The summed E-state index contributed by atoms with van der Waals surface area (Å²) in [6.07, 6.45) is 5.72. The summed E-state index contributed by atoms with van der Waals surface area (Å²) in [5.41, 5.74) is 4.63. The standard InChI is InChI=1S/C26H34N2/c1-18-12-8-10-16-23(18)27-19(2)25-26(4,21-13-6-5-7-14-21)22-15-9-11-17-24(22)28(25)20(27)3/h8-12,15-17,19-21,25H,5-7,13-14H2,1-4H3/t19-,20?,25?,26?/m0/s1/i3D3. The van der Waals surface area contributed by atoms with Crippen LogP contribution < -0.4 is 9.80 Å². The first kappa shape index (κ1) is 15.0. The van der Waals surface area contributed by atoms with Crippen LogP contribution in [0.5, 0.6) is 0 Å². The van der Waals surface area contributed by atoms with Crippen LogP contribution in [0.1, 0.15) is 68.0 Å². The Balaban J connectivity index is 1.71. The van der Waals surface area contributed by atoms with Gasteiger partial charge in [0.05, 0.1) is 12.2 Å². The summed E-state index contributed by atoms with van der Waals surface area (Å²) >= 11 is 0. The summed E-state index contributed by atoms with van der Waals surface area (Å²) < 4.78 is 25.8. The van der Waals surface area contributed by atoms with Crippen molar-refractivity contribution in [1.29, 1.82) is 0 Å². The van der Waals surface area contributed by atoms with Crippen LogP contribution in [0.3, 0.4) is 0 Å². The van der Waals surface area contributed by atoms with Crippen molar-refractivity contribution in [3.05, 3.63) is 59.7 Å². The number of benzene rings is 2. The topological polar surface area (TPSA) is 6.48 Å². The van der Waals surface area contributed by atoms with E-state index in [1.807, 2.05) is 12.1 Å². The minimum Gasteiger partial charge on any atom is -0.346 e. The van der Waals surface area contributed by atoms with Crippen LogP contribution in [0.4, 0.5) is 11.4 Å². The molecule has 0 aromatic heterocycles. The summed E-state index contributed by atoms with van der Waals surface area (Å²) in [5.74, 6) is 0.592. The largest absolute Gasteiger partial charge is 0.346 e. The van der Waals surface area contributed by atoms with Crippen molar-refractivity contribution in [1.82, 2.24) is 0 Å². The molecular weight excluding hydrogens is 340 g/mol. The van der Waals surface area contributed by atoms with Gasteiger partial charge < -0.3 is 9.80 Å². The Hall–Kier alpha value is -1.96. The maximum atomic E-state index is 8.59. The molecule has 2 fully saturated rings. The molecule has 2 aromatic carbocycles. The summed E-state index contributed by atoms with van der Waals surface area (Å²) in [5, 5.41) is 0. The fraction of sp³-hybridized carbons (Fsp3) is 0.538. The van der Waals surface area contributed by atoms with Crippen LogP contribution in [0.15, 0.2) is 48.5 Å². The molecule has 148 valence electrons. The van der Waals surface area contributed by atoms with Gasteiger partial charge in [0.25, 0.3) is 0 Å². The van der Waals surface area contributed by atoms with E-state index in [0.717, 1.165) is 16.9 Å². The van der Waals surface area contributed by atoms with E-state index in [-0.39, 0.29) is 17.5 Å². The molecule has 2 heterocycles. The lowest BCUT2D eigenvalue weighted by atomic mass is 9.62. The molecule has 2 aliphatic heterocycles. The van der Waals surface area contributed by atoms with Crippen LogP contribution in [0, 0.1) is 12.8 Å². The van der Waals surface area contributed by atoms with Gasteiger partial charge in [-0.05, 0) is 62.7 Å². The maximum Gasteiger partial charge on any atom is 0.0994 e. The van der Waals surface area contributed by atoms with Gasteiger partial charge in [0.15, 0.2) is 0 Å². The quantitative estimate of drug-likeness (QED) is 0.608. The van der Waals surface area contributed by atoms with Crippen molar-refractivity contribution >= 4 is 11.4 Å². The molecule has 2 aromatic rings. The third-order valence-electron chi connectivity index (χ3n) is 7.95. The number of rotatable bonds is 2. The summed E-state index contributed by atoms with van der Waals surface area (Å²) in [7, 11) is 0. The lowest BCUT2D eigenvalue weighted by molar-refractivity contribution is 0.190. The second-order valence-corrected chi connectivity index (χ2v) is 9.29. The van der Waals surface area contributed by atoms with Crippen molar-refractivity contribution in [3.8, 4) is 0 Å². The molecule has 3 unspecified atom stereocenters. The van der Waals surface area contributed by atoms with Gasteiger partial charge in [-0.2, -0.15) is 0 Å². The second kappa shape index (κ2) is 6.54. The van der Waals surface area contributed by atoms with E-state index in [1.165, 1.54) is 37.7 Å². The highest BCUT2D eigenvalue weighted by Gasteiger charge is 2.60. The van der Waals surface area contributed by atoms with Crippen molar-refractivity contribution in [2.45, 2.75) is 83.4 Å². The van der Waals surface area contributed by atoms with Gasteiger partial charge in [-0.3, -0.25) is 0 Å². The maximum absolute atomic E-state index is 8.59. The molecule has 1 aliphatic carbocycles. The number of aryl methyl sites for hydroxylation is 1. The monoisotopic (exact) mass is 377 g/mol. The van der Waals surface area contributed by atoms with E-state index in [9.17, 15) is 0 Å². The number of nitrogens with zero attached hydrogens (tertiary/aromatic N) is 2. The van der Waals surface area contributed by atoms with E-state index in [2.05, 4.69) is 67.0 Å². The van der Waals surface area contributed by atoms with E-state index in [1.54, 1.807) is 0 Å². The molecule has 4 atom stereocenters. The average molecular weight is 378 g/mol. The molecule has 2 heteroatoms. The Labute approximate surface area is 174 Å². The third kappa shape index (κ3) is 2.33. The number of hydrogen-bond donors (Lipinski definition) is 0. The molecular formula is C26H34N2. The highest BCUT2D eigenvalue weighted by atomic mass is 15.5. The lowest BCUT2D eigenvalue weighted by Gasteiger charge is -2.44. The van der Waals surface area contributed by atoms with Gasteiger partial charge in [0.2, 0.25) is 0 Å². The highest BCUT2D eigenvalue weighted by molar-refractivity contribution is 5.71. The fourth-order valence-electron chi connectivity index (χ4n) is 6.65. The zero-order valence-electron chi connectivity index (χ0n) is 20.4. The minimum absolute atomic E-state index is 0.0443. The zero-order chi connectivity index (χ0) is 22.0. The summed E-state index contributed by atoms with van der Waals surface area (Å²) in [6, 6.07) is 17.1. The minimum atomic E-state index is -2.11. The Kier molecular flexibility index (Phi) is 3.49. The van der Waals surface area contributed by atoms with E-state index in [0.29, 0.717) is 5.92 Å². The number of para-hydroxylation sites is 2. The van der Waals surface area contributed by atoms with Crippen LogP contribution >= 0.6 is 0 Å². The van der Waals surface area contributed by atoms with Gasteiger partial charge in [0.1, 0.15) is 0 Å². The molecule has 28 heavy (non-hydrogen) atoms. The predicted octanol–water partition coefficient (Wildman–Crippen LogP) is 6.28. The zero-order valence-corrected chi connectivity index (χ0v) is 17.4. The molecule has 3 aliphatic rings. The van der Waals surface area contributed by atoms with E-state index in [4.69, 9.17) is 4.11 Å². The molecule has 0 bridgehead atoms. The smallest absolute Gasteiger partial charge is 0.0994 e. The van der Waals surface area contributed by atoms with Gasteiger partial charge in [-0.1, -0.05) is 62.6 Å². The van der Waals surface area contributed by atoms with Gasteiger partial charge >= 0.3 is 0 Å². The van der Waals surface area contributed by atoms with Crippen LogP contribution in [0.2, 0.25) is 0 Å². The van der Waals surface area contributed by atoms with Crippen molar-refractivity contribution in [2.24, 2.45) is 5.92 Å². The molecule has 0 amide bonds. The van der Waals surface area contributed by atoms with Gasteiger partial charge in [0, 0.05) is 26.9 Å². The Bertz CT molecular complexity index is 965. The van der Waals surface area contributed by atoms with Crippen LogP contribution in [0.25, 0.3) is 0 Å². The predicted molar refractivity (Wildman–Crippen MR) is 119 cm³/mol. The average Bonchev–Trinajstić information content (AvgIpc) is 3.21. The lowest BCUT2D eigenvalue weighted by Crippen LogP contribution is -2.50. The van der Waals surface area contributed by atoms with E-state index >= 15 is 0 Å². The number of fused-ring (bicyclic) bond motifs is 3. The number of hydrogen-bond acceptors (Lipinski definition) is 2. The highest BCUT2D eigenvalue weighted by Crippen LogP contribution is 2.58. The van der Waals surface area contributed by atoms with Crippen molar-refractivity contribution in [3.63, 3.8) is 0 Å². The normalized spacial score (nSPS) is 34.5. The van der Waals surface area contributed by atoms with Crippen molar-refractivity contribution < 1.29 is 4.11 Å². The Morgan fingerprint density at radius 1 is 0.929 bits per heavy atom. The molecule has 0 N–H and O–H groups in total. The molecule has 1 saturated carbocycles. The SMILES string of the molecule is [2H]C([2H])([2H])C1N2c3ccccc3C(C)(C3CCCCC3)C2[C@H](C)N1c1ccccc1C. The van der Waals surface area contributed by atoms with Crippen molar-refractivity contribution in [2.75, 3.05) is 9.80 Å². The first-order chi connectivity index (χ1) is 14.8. The first-order valence-electron chi connectivity index (χ1n) is 12.5. The second-order valence-electron chi connectivity index (χ2n) is 9.29. The first-order valence-corrected chi connectivity index (χ1v) is 11.0. The summed E-state index contributed by atoms with van der Waals surface area (Å²) in [4.78, 5) is 4.50.